The van der Waals surface area contributed by atoms with Gasteiger partial charge in [-0.15, -0.1) is 0 Å². The van der Waals surface area contributed by atoms with Crippen LogP contribution in [-0.4, -0.2) is 52.5 Å². The number of carbonyl (C=O) groups is 1. The summed E-state index contributed by atoms with van der Waals surface area (Å²) in [6.45, 7) is 3.29. The average Bonchev–Trinajstić information content (AvgIpc) is 2.67. The van der Waals surface area contributed by atoms with Gasteiger partial charge in [-0.05, 0) is 25.0 Å². The van der Waals surface area contributed by atoms with Gasteiger partial charge < -0.3 is 10.2 Å². The molecular formula is C19H20F3N5O. The number of benzene rings is 1. The lowest BCUT2D eigenvalue weighted by molar-refractivity contribution is -0.141. The summed E-state index contributed by atoms with van der Waals surface area (Å²) in [4.78, 5) is 23.7. The summed E-state index contributed by atoms with van der Waals surface area (Å²) < 4.78 is 38.6. The largest absolute Gasteiger partial charge is 0.433 e. The molecule has 0 spiro atoms. The molecule has 3 aliphatic heterocycles. The Kier molecular flexibility index (Phi) is 4.70. The zero-order valence-corrected chi connectivity index (χ0v) is 15.3. The fourth-order valence-electron chi connectivity index (χ4n) is 3.88. The van der Waals surface area contributed by atoms with Crippen LogP contribution in [0.3, 0.4) is 0 Å². The first kappa shape index (κ1) is 18.7. The number of rotatable bonds is 4. The van der Waals surface area contributed by atoms with Crippen LogP contribution in [-0.2, 0) is 11.0 Å². The first-order valence-electron chi connectivity index (χ1n) is 9.06. The number of hydrogen-bond donors (Lipinski definition) is 1. The molecule has 2 unspecified atom stereocenters. The molecule has 1 aromatic heterocycles. The van der Waals surface area contributed by atoms with Crippen molar-refractivity contribution in [2.75, 3.05) is 29.9 Å². The van der Waals surface area contributed by atoms with E-state index >= 15 is 0 Å². The number of anilines is 2. The molecule has 6 nitrogen and oxygen atoms in total. The van der Waals surface area contributed by atoms with Crippen LogP contribution in [0.4, 0.5) is 24.7 Å². The fraction of sp³-hybridized carbons (Fsp3) is 0.421. The third-order valence-electron chi connectivity index (χ3n) is 5.36. The summed E-state index contributed by atoms with van der Waals surface area (Å²) >= 11 is 0. The van der Waals surface area contributed by atoms with E-state index in [0.29, 0.717) is 13.1 Å². The molecule has 4 heterocycles. The summed E-state index contributed by atoms with van der Waals surface area (Å²) in [5.41, 5.74) is 0.849. The lowest BCUT2D eigenvalue weighted by Crippen LogP contribution is -2.69. The second kappa shape index (κ2) is 7.05. The molecule has 2 bridgehead atoms. The number of aryl methyl sites for hydroxylation is 1. The van der Waals surface area contributed by atoms with E-state index in [1.807, 2.05) is 36.1 Å². The average molecular weight is 391 g/mol. The number of alkyl halides is 3. The molecule has 3 aliphatic rings. The van der Waals surface area contributed by atoms with Crippen molar-refractivity contribution >= 4 is 17.4 Å². The molecule has 3 fully saturated rings. The maximum absolute atomic E-state index is 12.9. The monoisotopic (exact) mass is 391 g/mol. The normalized spacial score (nSPS) is 21.9. The van der Waals surface area contributed by atoms with Gasteiger partial charge in [-0.1, -0.05) is 18.2 Å². The van der Waals surface area contributed by atoms with Crippen LogP contribution in [0.15, 0.2) is 36.7 Å². The third kappa shape index (κ3) is 3.66. The van der Waals surface area contributed by atoms with E-state index in [0.717, 1.165) is 30.1 Å². The number of piperazine rings is 1. The number of carbonyl (C=O) groups excluding carboxylic acids is 1. The summed E-state index contributed by atoms with van der Waals surface area (Å²) in [7, 11) is 0. The third-order valence-corrected chi connectivity index (χ3v) is 5.36. The van der Waals surface area contributed by atoms with Crippen molar-refractivity contribution in [3.8, 4) is 0 Å². The predicted octanol–water partition coefficient (Wildman–Crippen LogP) is 2.71. The highest BCUT2D eigenvalue weighted by molar-refractivity contribution is 5.93. The van der Waals surface area contributed by atoms with Gasteiger partial charge in [0.1, 0.15) is 17.8 Å². The minimum Gasteiger partial charge on any atom is -0.353 e. The molecule has 5 rings (SSSR count). The van der Waals surface area contributed by atoms with Gasteiger partial charge in [0, 0.05) is 36.9 Å². The van der Waals surface area contributed by atoms with Gasteiger partial charge in [0.2, 0.25) is 5.91 Å². The molecule has 1 aromatic carbocycles. The zero-order chi connectivity index (χ0) is 19.9. The second-order valence-electron chi connectivity index (χ2n) is 7.24. The Morgan fingerprint density at radius 1 is 1.21 bits per heavy atom. The quantitative estimate of drug-likeness (QED) is 0.869. The molecular weight excluding hydrogens is 371 g/mol. The van der Waals surface area contributed by atoms with Gasteiger partial charge in [-0.2, -0.15) is 13.2 Å². The molecule has 148 valence electrons. The number of para-hydroxylation sites is 1. The summed E-state index contributed by atoms with van der Waals surface area (Å²) in [5, 5.41) is 2.93. The molecule has 0 radical (unpaired) electrons. The highest BCUT2D eigenvalue weighted by Crippen LogP contribution is 2.35. The lowest BCUT2D eigenvalue weighted by Gasteiger charge is -2.56. The van der Waals surface area contributed by atoms with E-state index in [2.05, 4.69) is 20.2 Å². The second-order valence-corrected chi connectivity index (χ2v) is 7.24. The SMILES string of the molecule is Cc1ccccc1NC(=O)CN1C2CC1CN(c1cc(C(F)(F)F)ncn1)C2. The van der Waals surface area contributed by atoms with Gasteiger partial charge in [0.05, 0.1) is 6.54 Å². The predicted molar refractivity (Wildman–Crippen MR) is 98.0 cm³/mol. The van der Waals surface area contributed by atoms with Crippen LogP contribution < -0.4 is 10.2 Å². The lowest BCUT2D eigenvalue weighted by atomic mass is 9.87. The molecule has 2 aromatic rings. The van der Waals surface area contributed by atoms with Gasteiger partial charge in [-0.3, -0.25) is 9.69 Å². The summed E-state index contributed by atoms with van der Waals surface area (Å²) in [6.07, 6.45) is -2.60. The number of halogens is 3. The topological polar surface area (TPSA) is 61.4 Å². The molecule has 9 heteroatoms. The van der Waals surface area contributed by atoms with Crippen LogP contribution in [0.2, 0.25) is 0 Å². The van der Waals surface area contributed by atoms with E-state index < -0.39 is 11.9 Å². The van der Waals surface area contributed by atoms with Gasteiger partial charge in [0.25, 0.3) is 0 Å². The number of nitrogens with one attached hydrogen (secondary N) is 1. The van der Waals surface area contributed by atoms with Crippen molar-refractivity contribution in [2.24, 2.45) is 0 Å². The Hall–Kier alpha value is -2.68. The summed E-state index contributed by atoms with van der Waals surface area (Å²) in [5.74, 6) is 0.194. The Morgan fingerprint density at radius 3 is 2.61 bits per heavy atom. The smallest absolute Gasteiger partial charge is 0.353 e. The number of fused-ring (bicyclic) bond motifs is 2. The molecule has 28 heavy (non-hydrogen) atoms. The van der Waals surface area contributed by atoms with Crippen LogP contribution in [0.25, 0.3) is 0 Å². The summed E-state index contributed by atoms with van der Waals surface area (Å²) in [6, 6.07) is 8.82. The number of amides is 1. The number of piperidine rings is 1. The fourth-order valence-corrected chi connectivity index (χ4v) is 3.88. The minimum atomic E-state index is -4.49. The van der Waals surface area contributed by atoms with Crippen molar-refractivity contribution in [3.63, 3.8) is 0 Å². The van der Waals surface area contributed by atoms with Crippen molar-refractivity contribution in [1.29, 1.82) is 0 Å². The molecule has 1 amide bonds. The number of aromatic nitrogens is 2. The first-order valence-corrected chi connectivity index (χ1v) is 9.06. The maximum Gasteiger partial charge on any atom is 0.433 e. The van der Waals surface area contributed by atoms with E-state index in [1.165, 1.54) is 0 Å². The highest BCUT2D eigenvalue weighted by atomic mass is 19.4. The van der Waals surface area contributed by atoms with Crippen molar-refractivity contribution in [1.82, 2.24) is 14.9 Å². The zero-order valence-electron chi connectivity index (χ0n) is 15.3. The maximum atomic E-state index is 12.9. The van der Waals surface area contributed by atoms with Crippen LogP contribution in [0, 0.1) is 6.92 Å². The Morgan fingerprint density at radius 2 is 1.93 bits per heavy atom. The van der Waals surface area contributed by atoms with Crippen molar-refractivity contribution < 1.29 is 18.0 Å². The van der Waals surface area contributed by atoms with Crippen molar-refractivity contribution in [2.45, 2.75) is 31.6 Å². The van der Waals surface area contributed by atoms with Crippen LogP contribution in [0.1, 0.15) is 17.7 Å². The van der Waals surface area contributed by atoms with E-state index in [4.69, 9.17) is 0 Å². The van der Waals surface area contributed by atoms with E-state index in [-0.39, 0.29) is 30.4 Å². The van der Waals surface area contributed by atoms with Crippen LogP contribution in [0.5, 0.6) is 0 Å². The Bertz CT molecular complexity index is 876. The Labute approximate surface area is 160 Å². The van der Waals surface area contributed by atoms with Crippen molar-refractivity contribution in [3.05, 3.63) is 47.9 Å². The molecule has 0 saturated carbocycles. The van der Waals surface area contributed by atoms with E-state index in [9.17, 15) is 18.0 Å². The number of hydrogen-bond acceptors (Lipinski definition) is 5. The molecule has 1 N–H and O–H groups in total. The molecule has 2 atom stereocenters. The highest BCUT2D eigenvalue weighted by Gasteiger charge is 2.45. The van der Waals surface area contributed by atoms with Gasteiger partial charge >= 0.3 is 6.18 Å². The first-order chi connectivity index (χ1) is 13.3. The van der Waals surface area contributed by atoms with Gasteiger partial charge in [0.15, 0.2) is 0 Å². The van der Waals surface area contributed by atoms with E-state index in [1.54, 1.807) is 0 Å². The standard InChI is InChI=1S/C19H20F3N5O/c1-12-4-2-3-5-15(12)25-18(28)10-27-13-6-14(27)9-26(8-13)17-7-16(19(20,21)22)23-11-24-17/h2-5,7,11,13-14H,6,8-10H2,1H3,(H,25,28). The Balaban J connectivity index is 1.37. The van der Waals surface area contributed by atoms with Crippen LogP contribution >= 0.6 is 0 Å². The molecule has 0 aliphatic carbocycles. The van der Waals surface area contributed by atoms with Gasteiger partial charge in [-0.25, -0.2) is 9.97 Å². The molecule has 3 saturated heterocycles. The minimum absolute atomic E-state index is 0.0844. The number of nitrogens with zero attached hydrogens (tertiary/aromatic N) is 4.